The molecule has 2 rings (SSSR count). The molecule has 0 aromatic heterocycles. The molecule has 2 aromatic carbocycles. The van der Waals surface area contributed by atoms with Gasteiger partial charge in [0.1, 0.15) is 5.82 Å². The van der Waals surface area contributed by atoms with Crippen LogP contribution in [-0.2, 0) is 6.42 Å². The first kappa shape index (κ1) is 14.1. The number of aryl methyl sites for hydroxylation is 1. The molecular weight excluding hydrogens is 253 g/mol. The molecule has 0 aliphatic heterocycles. The number of halogens is 1. The number of benzene rings is 2. The fraction of sp³-hybridized carbons (Fsp3) is 0.188. The van der Waals surface area contributed by atoms with Gasteiger partial charge in [0.2, 0.25) is 0 Å². The lowest BCUT2D eigenvalue weighted by Gasteiger charge is -2.06. The standard InChI is InChI=1S/C16H18FN3/c1-12-3-2-4-15(11-12)20-16(18)19-10-9-13-5-7-14(17)8-6-13/h2-8,11H,9-10H2,1H3,(H3,18,19,20). The van der Waals surface area contributed by atoms with Gasteiger partial charge in [-0.05, 0) is 48.7 Å². The monoisotopic (exact) mass is 271 g/mol. The Morgan fingerprint density at radius 2 is 1.95 bits per heavy atom. The summed E-state index contributed by atoms with van der Waals surface area (Å²) in [6.45, 7) is 2.59. The lowest BCUT2D eigenvalue weighted by molar-refractivity contribution is 0.627. The van der Waals surface area contributed by atoms with Gasteiger partial charge in [-0.3, -0.25) is 4.99 Å². The van der Waals surface area contributed by atoms with Crippen molar-refractivity contribution in [1.29, 1.82) is 0 Å². The van der Waals surface area contributed by atoms with Crippen LogP contribution in [0.25, 0.3) is 0 Å². The van der Waals surface area contributed by atoms with Gasteiger partial charge in [-0.2, -0.15) is 0 Å². The van der Waals surface area contributed by atoms with Crippen LogP contribution in [0, 0.1) is 12.7 Å². The maximum Gasteiger partial charge on any atom is 0.193 e. The van der Waals surface area contributed by atoms with Crippen LogP contribution in [0.4, 0.5) is 10.1 Å². The van der Waals surface area contributed by atoms with E-state index in [-0.39, 0.29) is 5.82 Å². The lowest BCUT2D eigenvalue weighted by atomic mass is 10.1. The van der Waals surface area contributed by atoms with E-state index in [4.69, 9.17) is 5.73 Å². The molecule has 0 aliphatic rings. The number of aliphatic imine (C=N–C) groups is 1. The van der Waals surface area contributed by atoms with Gasteiger partial charge in [0.15, 0.2) is 5.96 Å². The fourth-order valence-corrected chi connectivity index (χ4v) is 1.87. The zero-order chi connectivity index (χ0) is 14.4. The Hall–Kier alpha value is -2.36. The molecular formula is C16H18FN3. The second kappa shape index (κ2) is 6.70. The predicted molar refractivity (Wildman–Crippen MR) is 81.4 cm³/mol. The summed E-state index contributed by atoms with van der Waals surface area (Å²) in [7, 11) is 0. The van der Waals surface area contributed by atoms with Crippen LogP contribution < -0.4 is 11.1 Å². The number of nitrogens with one attached hydrogen (secondary N) is 1. The Morgan fingerprint density at radius 1 is 1.20 bits per heavy atom. The molecule has 104 valence electrons. The van der Waals surface area contributed by atoms with Crippen LogP contribution in [0.2, 0.25) is 0 Å². The van der Waals surface area contributed by atoms with Crippen molar-refractivity contribution < 1.29 is 4.39 Å². The molecule has 2 aromatic rings. The van der Waals surface area contributed by atoms with Gasteiger partial charge in [0.25, 0.3) is 0 Å². The second-order valence-corrected chi connectivity index (χ2v) is 4.64. The maximum atomic E-state index is 12.8. The van der Waals surface area contributed by atoms with Gasteiger partial charge >= 0.3 is 0 Å². The molecule has 0 fully saturated rings. The van der Waals surface area contributed by atoms with Gasteiger partial charge in [0.05, 0.1) is 0 Å². The Kier molecular flexibility index (Phi) is 4.71. The van der Waals surface area contributed by atoms with Crippen molar-refractivity contribution in [2.45, 2.75) is 13.3 Å². The third-order valence-electron chi connectivity index (χ3n) is 2.89. The van der Waals surface area contributed by atoms with Gasteiger partial charge in [-0.25, -0.2) is 4.39 Å². The molecule has 0 unspecified atom stereocenters. The Labute approximate surface area is 118 Å². The number of hydrogen-bond acceptors (Lipinski definition) is 1. The summed E-state index contributed by atoms with van der Waals surface area (Å²) in [5, 5.41) is 3.05. The lowest BCUT2D eigenvalue weighted by Crippen LogP contribution is -2.23. The SMILES string of the molecule is Cc1cccc(NC(N)=NCCc2ccc(F)cc2)c1. The van der Waals surface area contributed by atoms with Crippen LogP contribution >= 0.6 is 0 Å². The van der Waals surface area contributed by atoms with Crippen molar-refractivity contribution in [3.05, 3.63) is 65.5 Å². The quantitative estimate of drug-likeness (QED) is 0.663. The first-order valence-electron chi connectivity index (χ1n) is 6.51. The molecule has 0 bridgehead atoms. The normalized spacial score (nSPS) is 11.4. The highest BCUT2D eigenvalue weighted by Crippen LogP contribution is 2.09. The van der Waals surface area contributed by atoms with Crippen LogP contribution in [0.3, 0.4) is 0 Å². The zero-order valence-electron chi connectivity index (χ0n) is 11.4. The van der Waals surface area contributed by atoms with Crippen molar-refractivity contribution in [1.82, 2.24) is 0 Å². The first-order valence-corrected chi connectivity index (χ1v) is 6.51. The third kappa shape index (κ3) is 4.39. The van der Waals surface area contributed by atoms with E-state index >= 15 is 0 Å². The minimum absolute atomic E-state index is 0.224. The van der Waals surface area contributed by atoms with Crippen molar-refractivity contribution in [2.24, 2.45) is 10.7 Å². The van der Waals surface area contributed by atoms with Crippen molar-refractivity contribution in [2.75, 3.05) is 11.9 Å². The van der Waals surface area contributed by atoms with Crippen LogP contribution in [0.1, 0.15) is 11.1 Å². The van der Waals surface area contributed by atoms with Crippen molar-refractivity contribution in [3.8, 4) is 0 Å². The van der Waals surface area contributed by atoms with Crippen LogP contribution in [-0.4, -0.2) is 12.5 Å². The van der Waals surface area contributed by atoms with Gasteiger partial charge in [0, 0.05) is 12.2 Å². The van der Waals surface area contributed by atoms with E-state index < -0.39 is 0 Å². The van der Waals surface area contributed by atoms with E-state index in [0.717, 1.165) is 23.2 Å². The average Bonchev–Trinajstić information content (AvgIpc) is 2.41. The van der Waals surface area contributed by atoms with Crippen LogP contribution in [0.5, 0.6) is 0 Å². The summed E-state index contributed by atoms with van der Waals surface area (Å²) in [6.07, 6.45) is 0.733. The molecule has 20 heavy (non-hydrogen) atoms. The van der Waals surface area contributed by atoms with E-state index in [1.165, 1.54) is 12.1 Å². The average molecular weight is 271 g/mol. The predicted octanol–water partition coefficient (Wildman–Crippen LogP) is 3.10. The van der Waals surface area contributed by atoms with E-state index in [0.29, 0.717) is 12.5 Å². The molecule has 3 N–H and O–H groups in total. The molecule has 4 heteroatoms. The Morgan fingerprint density at radius 3 is 2.65 bits per heavy atom. The number of hydrogen-bond donors (Lipinski definition) is 2. The van der Waals surface area contributed by atoms with Crippen molar-refractivity contribution >= 4 is 11.6 Å². The summed E-state index contributed by atoms with van der Waals surface area (Å²) < 4.78 is 12.8. The Bertz CT molecular complexity index is 591. The van der Waals surface area contributed by atoms with E-state index in [1.807, 2.05) is 31.2 Å². The number of guanidine groups is 1. The maximum absolute atomic E-state index is 12.8. The zero-order valence-corrected chi connectivity index (χ0v) is 11.4. The van der Waals surface area contributed by atoms with Crippen LogP contribution in [0.15, 0.2) is 53.5 Å². The highest BCUT2D eigenvalue weighted by Gasteiger charge is 1.96. The van der Waals surface area contributed by atoms with E-state index in [2.05, 4.69) is 10.3 Å². The Balaban J connectivity index is 1.86. The van der Waals surface area contributed by atoms with Gasteiger partial charge < -0.3 is 11.1 Å². The largest absolute Gasteiger partial charge is 0.370 e. The highest BCUT2D eigenvalue weighted by molar-refractivity contribution is 5.92. The molecule has 0 saturated carbocycles. The summed E-state index contributed by atoms with van der Waals surface area (Å²) in [5.74, 6) is 0.163. The molecule has 3 nitrogen and oxygen atoms in total. The number of rotatable bonds is 4. The molecule has 0 spiro atoms. The van der Waals surface area contributed by atoms with Gasteiger partial charge in [-0.15, -0.1) is 0 Å². The molecule has 0 heterocycles. The molecule has 0 atom stereocenters. The molecule has 0 radical (unpaired) electrons. The molecule has 0 saturated heterocycles. The number of nitrogens with zero attached hydrogens (tertiary/aromatic N) is 1. The summed E-state index contributed by atoms with van der Waals surface area (Å²) in [6, 6.07) is 14.3. The summed E-state index contributed by atoms with van der Waals surface area (Å²) >= 11 is 0. The summed E-state index contributed by atoms with van der Waals surface area (Å²) in [5.41, 5.74) is 8.95. The number of anilines is 1. The molecule has 0 amide bonds. The molecule has 0 aliphatic carbocycles. The fourth-order valence-electron chi connectivity index (χ4n) is 1.87. The topological polar surface area (TPSA) is 50.4 Å². The smallest absolute Gasteiger partial charge is 0.193 e. The minimum atomic E-state index is -0.224. The van der Waals surface area contributed by atoms with Gasteiger partial charge in [-0.1, -0.05) is 24.3 Å². The first-order chi connectivity index (χ1) is 9.63. The van der Waals surface area contributed by atoms with E-state index in [1.54, 1.807) is 12.1 Å². The second-order valence-electron chi connectivity index (χ2n) is 4.64. The van der Waals surface area contributed by atoms with Crippen molar-refractivity contribution in [3.63, 3.8) is 0 Å². The van der Waals surface area contributed by atoms with E-state index in [9.17, 15) is 4.39 Å². The minimum Gasteiger partial charge on any atom is -0.370 e. The number of nitrogens with two attached hydrogens (primary N) is 1. The highest BCUT2D eigenvalue weighted by atomic mass is 19.1. The summed E-state index contributed by atoms with van der Waals surface area (Å²) in [4.78, 5) is 4.26. The third-order valence-corrected chi connectivity index (χ3v) is 2.89.